The van der Waals surface area contributed by atoms with E-state index in [1.54, 1.807) is 20.3 Å². The molecular weight excluding hydrogens is 200 g/mol. The molecule has 0 unspecified atom stereocenters. The van der Waals surface area contributed by atoms with Crippen LogP contribution in [-0.4, -0.2) is 19.3 Å². The number of rotatable bonds is 4. The van der Waals surface area contributed by atoms with Crippen molar-refractivity contribution in [3.8, 4) is 5.75 Å². The molecule has 16 heavy (non-hydrogen) atoms. The van der Waals surface area contributed by atoms with E-state index in [0.717, 1.165) is 12.0 Å². The van der Waals surface area contributed by atoms with E-state index < -0.39 is 0 Å². The molecule has 0 heterocycles. The lowest BCUT2D eigenvalue weighted by molar-refractivity contribution is 0.277. The van der Waals surface area contributed by atoms with Crippen molar-refractivity contribution in [1.29, 1.82) is 0 Å². The Morgan fingerprint density at radius 2 is 1.81 bits per heavy atom. The number of aromatic hydroxyl groups is 1. The minimum absolute atomic E-state index is 0.455. The van der Waals surface area contributed by atoms with Crippen LogP contribution in [-0.2, 0) is 11.2 Å². The second kappa shape index (κ2) is 9.22. The van der Waals surface area contributed by atoms with Crippen molar-refractivity contribution in [2.45, 2.75) is 39.5 Å². The molecule has 0 aliphatic rings. The van der Waals surface area contributed by atoms with E-state index in [1.807, 2.05) is 6.07 Å². The van der Waals surface area contributed by atoms with Gasteiger partial charge < -0.3 is 9.84 Å². The maximum Gasteiger partial charge on any atom is 0.119 e. The molecule has 1 aromatic rings. The normalized spacial score (nSPS) is 9.50. The number of hydrogen-bond acceptors (Lipinski definition) is 2. The Labute approximate surface area is 99.3 Å². The highest BCUT2D eigenvalue weighted by atomic mass is 16.4. The van der Waals surface area contributed by atoms with Crippen molar-refractivity contribution >= 4 is 0 Å². The Balaban J connectivity index is 0.000000673. The molecule has 0 amide bonds. The van der Waals surface area contributed by atoms with E-state index in [9.17, 15) is 5.11 Å². The number of hydrogen-bond donors (Lipinski definition) is 1. The van der Waals surface area contributed by atoms with Gasteiger partial charge in [0.2, 0.25) is 0 Å². The fourth-order valence-electron chi connectivity index (χ4n) is 1.56. The summed E-state index contributed by atoms with van der Waals surface area (Å²) in [6, 6.07) is 5.73. The topological polar surface area (TPSA) is 29.5 Å². The number of benzene rings is 1. The lowest BCUT2D eigenvalue weighted by atomic mass is 10.0. The number of unbranched alkanes of at least 4 members (excludes halogenated alkanes) is 2. The summed E-state index contributed by atoms with van der Waals surface area (Å²) in [6.45, 7) is 4.25. The SMILES string of the molecule is CCCCCc1c(C)cccc1O.COC. The number of methoxy groups -OCH3 is 1. The first-order chi connectivity index (χ1) is 7.67. The van der Waals surface area contributed by atoms with Gasteiger partial charge in [-0.15, -0.1) is 0 Å². The third-order valence-electron chi connectivity index (χ3n) is 2.42. The average molecular weight is 224 g/mol. The molecule has 2 heteroatoms. The first-order valence-corrected chi connectivity index (χ1v) is 5.84. The molecule has 1 rings (SSSR count). The van der Waals surface area contributed by atoms with Crippen molar-refractivity contribution in [1.82, 2.24) is 0 Å². The van der Waals surface area contributed by atoms with Crippen LogP contribution in [0.5, 0.6) is 5.75 Å². The molecule has 0 saturated carbocycles. The van der Waals surface area contributed by atoms with Crippen LogP contribution in [0, 0.1) is 6.92 Å². The third-order valence-corrected chi connectivity index (χ3v) is 2.42. The number of phenolic OH excluding ortho intramolecular Hbond substituents is 1. The van der Waals surface area contributed by atoms with E-state index in [-0.39, 0.29) is 0 Å². The summed E-state index contributed by atoms with van der Waals surface area (Å²) >= 11 is 0. The lowest BCUT2D eigenvalue weighted by Crippen LogP contribution is -1.90. The summed E-state index contributed by atoms with van der Waals surface area (Å²) in [7, 11) is 3.25. The van der Waals surface area contributed by atoms with Crippen LogP contribution in [0.1, 0.15) is 37.3 Å². The zero-order chi connectivity index (χ0) is 12.4. The monoisotopic (exact) mass is 224 g/mol. The summed E-state index contributed by atoms with van der Waals surface area (Å²) in [5.41, 5.74) is 2.33. The predicted octanol–water partition coefficient (Wildman–Crippen LogP) is 3.70. The van der Waals surface area contributed by atoms with E-state index >= 15 is 0 Å². The molecule has 0 radical (unpaired) electrons. The Bertz CT molecular complexity index is 262. The molecule has 0 aromatic heterocycles. The van der Waals surface area contributed by atoms with Gasteiger partial charge in [0, 0.05) is 14.2 Å². The van der Waals surface area contributed by atoms with Gasteiger partial charge in [0.15, 0.2) is 0 Å². The highest BCUT2D eigenvalue weighted by Gasteiger charge is 2.02. The van der Waals surface area contributed by atoms with Gasteiger partial charge in [-0.2, -0.15) is 0 Å². The van der Waals surface area contributed by atoms with Gasteiger partial charge in [0.05, 0.1) is 0 Å². The van der Waals surface area contributed by atoms with Gasteiger partial charge in [0.25, 0.3) is 0 Å². The first kappa shape index (κ1) is 15.0. The van der Waals surface area contributed by atoms with E-state index in [4.69, 9.17) is 0 Å². The van der Waals surface area contributed by atoms with E-state index in [0.29, 0.717) is 5.75 Å². The van der Waals surface area contributed by atoms with Crippen LogP contribution in [0.25, 0.3) is 0 Å². The van der Waals surface area contributed by atoms with Crippen LogP contribution >= 0.6 is 0 Å². The number of ether oxygens (including phenoxy) is 1. The van der Waals surface area contributed by atoms with Gasteiger partial charge in [-0.05, 0) is 37.0 Å². The summed E-state index contributed by atoms with van der Waals surface area (Å²) in [5, 5.41) is 9.59. The molecule has 92 valence electrons. The summed E-state index contributed by atoms with van der Waals surface area (Å²) in [4.78, 5) is 0. The number of aryl methyl sites for hydroxylation is 1. The maximum absolute atomic E-state index is 9.59. The standard InChI is InChI=1S/C12H18O.C2H6O/c1-3-4-5-8-11-10(2)7-6-9-12(11)13;1-3-2/h6-7,9,13H,3-5,8H2,1-2H3;1-2H3. The molecular formula is C14H24O2. The highest BCUT2D eigenvalue weighted by molar-refractivity contribution is 5.38. The first-order valence-electron chi connectivity index (χ1n) is 5.84. The minimum atomic E-state index is 0.455. The smallest absolute Gasteiger partial charge is 0.119 e. The van der Waals surface area contributed by atoms with E-state index in [1.165, 1.54) is 24.8 Å². The lowest BCUT2D eigenvalue weighted by Gasteiger charge is -2.07. The highest BCUT2D eigenvalue weighted by Crippen LogP contribution is 2.22. The van der Waals surface area contributed by atoms with Crippen molar-refractivity contribution in [2.24, 2.45) is 0 Å². The molecule has 0 aliphatic carbocycles. The van der Waals surface area contributed by atoms with E-state index in [2.05, 4.69) is 24.7 Å². The molecule has 0 aliphatic heterocycles. The van der Waals surface area contributed by atoms with Gasteiger partial charge in [0.1, 0.15) is 5.75 Å². The fraction of sp³-hybridized carbons (Fsp3) is 0.571. The van der Waals surface area contributed by atoms with Crippen LogP contribution in [0.2, 0.25) is 0 Å². The van der Waals surface area contributed by atoms with Gasteiger partial charge in [-0.25, -0.2) is 0 Å². The largest absolute Gasteiger partial charge is 0.508 e. The predicted molar refractivity (Wildman–Crippen MR) is 69.0 cm³/mol. The van der Waals surface area contributed by atoms with Crippen molar-refractivity contribution < 1.29 is 9.84 Å². The van der Waals surface area contributed by atoms with Crippen LogP contribution in [0.3, 0.4) is 0 Å². The molecule has 0 spiro atoms. The second-order valence-corrected chi connectivity index (χ2v) is 3.94. The third kappa shape index (κ3) is 5.76. The Kier molecular flexibility index (Phi) is 8.64. The summed E-state index contributed by atoms with van der Waals surface area (Å²) in [6.07, 6.45) is 4.65. The molecule has 0 atom stereocenters. The van der Waals surface area contributed by atoms with Crippen LogP contribution in [0.4, 0.5) is 0 Å². The molecule has 0 saturated heterocycles. The second-order valence-electron chi connectivity index (χ2n) is 3.94. The van der Waals surface area contributed by atoms with Crippen molar-refractivity contribution in [3.05, 3.63) is 29.3 Å². The molecule has 0 bridgehead atoms. The maximum atomic E-state index is 9.59. The van der Waals surface area contributed by atoms with Crippen molar-refractivity contribution in [3.63, 3.8) is 0 Å². The fourth-order valence-corrected chi connectivity index (χ4v) is 1.56. The average Bonchev–Trinajstić information content (AvgIpc) is 2.24. The van der Waals surface area contributed by atoms with Gasteiger partial charge in [-0.3, -0.25) is 0 Å². The number of phenols is 1. The van der Waals surface area contributed by atoms with Crippen LogP contribution in [0.15, 0.2) is 18.2 Å². The van der Waals surface area contributed by atoms with Crippen molar-refractivity contribution in [2.75, 3.05) is 14.2 Å². The Morgan fingerprint density at radius 3 is 2.31 bits per heavy atom. The molecule has 1 N–H and O–H groups in total. The van der Waals surface area contributed by atoms with Gasteiger partial charge in [-0.1, -0.05) is 31.9 Å². The Hall–Kier alpha value is -1.02. The molecule has 1 aromatic carbocycles. The summed E-state index contributed by atoms with van der Waals surface area (Å²) in [5.74, 6) is 0.455. The minimum Gasteiger partial charge on any atom is -0.508 e. The molecule has 2 nitrogen and oxygen atoms in total. The Morgan fingerprint density at radius 1 is 1.19 bits per heavy atom. The van der Waals surface area contributed by atoms with Gasteiger partial charge >= 0.3 is 0 Å². The zero-order valence-corrected chi connectivity index (χ0v) is 10.9. The zero-order valence-electron chi connectivity index (χ0n) is 10.9. The quantitative estimate of drug-likeness (QED) is 0.790. The molecule has 0 fully saturated rings. The summed E-state index contributed by atoms with van der Waals surface area (Å²) < 4.78 is 4.25. The van der Waals surface area contributed by atoms with Crippen LogP contribution < -0.4 is 0 Å².